The molecule has 94 valence electrons. The van der Waals surface area contributed by atoms with Gasteiger partial charge in [-0.05, 0) is 49.4 Å². The van der Waals surface area contributed by atoms with Gasteiger partial charge in [-0.1, -0.05) is 31.0 Å². The van der Waals surface area contributed by atoms with Crippen LogP contribution in [0, 0.1) is 11.7 Å². The summed E-state index contributed by atoms with van der Waals surface area (Å²) in [5.74, 6) is 0.606. The van der Waals surface area contributed by atoms with Gasteiger partial charge in [-0.15, -0.1) is 0 Å². The molecular formula is C14H19ClFN. The fourth-order valence-electron chi connectivity index (χ4n) is 2.57. The lowest BCUT2D eigenvalue weighted by Crippen LogP contribution is -2.39. The Bertz CT molecular complexity index is 380. The van der Waals surface area contributed by atoms with E-state index in [-0.39, 0.29) is 5.82 Å². The summed E-state index contributed by atoms with van der Waals surface area (Å²) in [6, 6.07) is 5.37. The number of hydrogen-bond donors (Lipinski definition) is 1. The van der Waals surface area contributed by atoms with Crippen molar-refractivity contribution in [1.29, 1.82) is 0 Å². The van der Waals surface area contributed by atoms with Gasteiger partial charge in [0, 0.05) is 11.1 Å². The molecule has 0 radical (unpaired) electrons. The minimum atomic E-state index is -0.182. The largest absolute Gasteiger partial charge is 0.314 e. The van der Waals surface area contributed by atoms with Gasteiger partial charge in [-0.3, -0.25) is 0 Å². The van der Waals surface area contributed by atoms with Crippen LogP contribution in [-0.2, 0) is 6.42 Å². The van der Waals surface area contributed by atoms with Crippen molar-refractivity contribution >= 4 is 11.6 Å². The van der Waals surface area contributed by atoms with Gasteiger partial charge in [0.25, 0.3) is 0 Å². The maximum atomic E-state index is 13.7. The predicted molar refractivity (Wildman–Crippen MR) is 69.9 cm³/mol. The van der Waals surface area contributed by atoms with E-state index in [1.807, 2.05) is 0 Å². The third-order valence-corrected chi connectivity index (χ3v) is 3.90. The number of halogens is 2. The monoisotopic (exact) mass is 255 g/mol. The zero-order valence-corrected chi connectivity index (χ0v) is 10.9. The van der Waals surface area contributed by atoms with E-state index in [2.05, 4.69) is 12.2 Å². The molecule has 0 spiro atoms. The van der Waals surface area contributed by atoms with Gasteiger partial charge < -0.3 is 5.32 Å². The lowest BCUT2D eigenvalue weighted by atomic mass is 9.87. The van der Waals surface area contributed by atoms with Crippen molar-refractivity contribution in [2.75, 3.05) is 6.54 Å². The molecule has 1 aliphatic rings. The SMILES string of the molecule is CCC1CCNC(Cc2ccc(Cl)cc2F)C1. The summed E-state index contributed by atoms with van der Waals surface area (Å²) < 4.78 is 13.7. The summed E-state index contributed by atoms with van der Waals surface area (Å²) in [4.78, 5) is 0. The first kappa shape index (κ1) is 12.8. The molecule has 1 aromatic carbocycles. The van der Waals surface area contributed by atoms with E-state index < -0.39 is 0 Å². The number of rotatable bonds is 3. The first-order valence-electron chi connectivity index (χ1n) is 6.36. The lowest BCUT2D eigenvalue weighted by molar-refractivity contribution is 0.292. The van der Waals surface area contributed by atoms with Crippen LogP contribution in [0.5, 0.6) is 0 Å². The molecule has 2 atom stereocenters. The van der Waals surface area contributed by atoms with Crippen LogP contribution in [-0.4, -0.2) is 12.6 Å². The van der Waals surface area contributed by atoms with Crippen molar-refractivity contribution in [3.05, 3.63) is 34.6 Å². The number of benzene rings is 1. The molecular weight excluding hydrogens is 237 g/mol. The van der Waals surface area contributed by atoms with Crippen LogP contribution in [0.15, 0.2) is 18.2 Å². The molecule has 1 heterocycles. The van der Waals surface area contributed by atoms with Crippen molar-refractivity contribution in [2.24, 2.45) is 5.92 Å². The highest BCUT2D eigenvalue weighted by Crippen LogP contribution is 2.23. The summed E-state index contributed by atoms with van der Waals surface area (Å²) in [6.07, 6.45) is 4.38. The first-order chi connectivity index (χ1) is 8.19. The summed E-state index contributed by atoms with van der Waals surface area (Å²) in [5.41, 5.74) is 0.767. The third kappa shape index (κ3) is 3.43. The van der Waals surface area contributed by atoms with Gasteiger partial charge in [-0.2, -0.15) is 0 Å². The Balaban J connectivity index is 2.00. The molecule has 0 bridgehead atoms. The molecule has 1 N–H and O–H groups in total. The van der Waals surface area contributed by atoms with E-state index in [0.717, 1.165) is 30.9 Å². The second-order valence-corrected chi connectivity index (χ2v) is 5.33. The van der Waals surface area contributed by atoms with Crippen molar-refractivity contribution in [2.45, 2.75) is 38.6 Å². The Morgan fingerprint density at radius 1 is 1.47 bits per heavy atom. The zero-order valence-electron chi connectivity index (χ0n) is 10.2. The van der Waals surface area contributed by atoms with Crippen LogP contribution >= 0.6 is 11.6 Å². The molecule has 2 rings (SSSR count). The molecule has 0 amide bonds. The predicted octanol–water partition coefficient (Wildman–Crippen LogP) is 3.80. The maximum Gasteiger partial charge on any atom is 0.127 e. The average Bonchev–Trinajstić information content (AvgIpc) is 2.33. The number of piperidine rings is 1. The Hall–Kier alpha value is -0.600. The fourth-order valence-corrected chi connectivity index (χ4v) is 2.73. The highest BCUT2D eigenvalue weighted by Gasteiger charge is 2.21. The van der Waals surface area contributed by atoms with Crippen LogP contribution in [0.1, 0.15) is 31.7 Å². The normalized spacial score (nSPS) is 24.9. The smallest absolute Gasteiger partial charge is 0.127 e. The molecule has 1 saturated heterocycles. The van der Waals surface area contributed by atoms with Gasteiger partial charge in [0.05, 0.1) is 0 Å². The average molecular weight is 256 g/mol. The Morgan fingerprint density at radius 3 is 3.00 bits per heavy atom. The molecule has 2 unspecified atom stereocenters. The molecule has 17 heavy (non-hydrogen) atoms. The zero-order chi connectivity index (χ0) is 12.3. The Morgan fingerprint density at radius 2 is 2.29 bits per heavy atom. The summed E-state index contributed by atoms with van der Waals surface area (Å²) >= 11 is 5.75. The second kappa shape index (κ2) is 5.83. The van der Waals surface area contributed by atoms with Crippen molar-refractivity contribution in [3.8, 4) is 0 Å². The molecule has 0 saturated carbocycles. The summed E-state index contributed by atoms with van der Waals surface area (Å²) in [5, 5.41) is 3.94. The van der Waals surface area contributed by atoms with Gasteiger partial charge >= 0.3 is 0 Å². The third-order valence-electron chi connectivity index (χ3n) is 3.66. The van der Waals surface area contributed by atoms with E-state index in [1.165, 1.54) is 18.9 Å². The van der Waals surface area contributed by atoms with Crippen LogP contribution < -0.4 is 5.32 Å². The topological polar surface area (TPSA) is 12.0 Å². The van der Waals surface area contributed by atoms with Crippen molar-refractivity contribution in [3.63, 3.8) is 0 Å². The van der Waals surface area contributed by atoms with Gasteiger partial charge in [-0.25, -0.2) is 4.39 Å². The molecule has 3 heteroatoms. The minimum absolute atomic E-state index is 0.182. The molecule has 1 aliphatic heterocycles. The standard InChI is InChI=1S/C14H19ClFN/c1-2-10-5-6-17-13(7-10)8-11-3-4-12(15)9-14(11)16/h3-4,9-10,13,17H,2,5-8H2,1H3. The minimum Gasteiger partial charge on any atom is -0.314 e. The van der Waals surface area contributed by atoms with Gasteiger partial charge in [0.15, 0.2) is 0 Å². The van der Waals surface area contributed by atoms with E-state index >= 15 is 0 Å². The molecule has 1 fully saturated rings. The van der Waals surface area contributed by atoms with E-state index in [1.54, 1.807) is 12.1 Å². The van der Waals surface area contributed by atoms with Crippen LogP contribution in [0.3, 0.4) is 0 Å². The van der Waals surface area contributed by atoms with E-state index in [9.17, 15) is 4.39 Å². The first-order valence-corrected chi connectivity index (χ1v) is 6.74. The second-order valence-electron chi connectivity index (χ2n) is 4.89. The van der Waals surface area contributed by atoms with Crippen molar-refractivity contribution < 1.29 is 4.39 Å². The quantitative estimate of drug-likeness (QED) is 0.866. The highest BCUT2D eigenvalue weighted by atomic mass is 35.5. The van der Waals surface area contributed by atoms with Crippen LogP contribution in [0.4, 0.5) is 4.39 Å². The molecule has 1 nitrogen and oxygen atoms in total. The molecule has 1 aromatic rings. The Labute approximate surface area is 107 Å². The molecule has 0 aliphatic carbocycles. The summed E-state index contributed by atoms with van der Waals surface area (Å²) in [7, 11) is 0. The number of hydrogen-bond acceptors (Lipinski definition) is 1. The summed E-state index contributed by atoms with van der Waals surface area (Å²) in [6.45, 7) is 3.29. The highest BCUT2D eigenvalue weighted by molar-refractivity contribution is 6.30. The lowest BCUT2D eigenvalue weighted by Gasteiger charge is -2.30. The fraction of sp³-hybridized carbons (Fsp3) is 0.571. The molecule has 0 aromatic heterocycles. The van der Waals surface area contributed by atoms with Crippen LogP contribution in [0.2, 0.25) is 5.02 Å². The van der Waals surface area contributed by atoms with E-state index in [4.69, 9.17) is 11.6 Å². The number of nitrogens with one attached hydrogen (secondary N) is 1. The Kier molecular flexibility index (Phi) is 4.41. The van der Waals surface area contributed by atoms with Gasteiger partial charge in [0.1, 0.15) is 5.82 Å². The van der Waals surface area contributed by atoms with Crippen molar-refractivity contribution in [1.82, 2.24) is 5.32 Å². The maximum absolute atomic E-state index is 13.7. The van der Waals surface area contributed by atoms with Crippen LogP contribution in [0.25, 0.3) is 0 Å². The van der Waals surface area contributed by atoms with E-state index in [0.29, 0.717) is 11.1 Å². The van der Waals surface area contributed by atoms with Gasteiger partial charge in [0.2, 0.25) is 0 Å².